The Hall–Kier alpha value is -2.21. The summed E-state index contributed by atoms with van der Waals surface area (Å²) in [6.45, 7) is 0.916. The number of aliphatic hydroxyl groups is 1. The van der Waals surface area contributed by atoms with Crippen molar-refractivity contribution in [3.63, 3.8) is 0 Å². The Kier molecular flexibility index (Phi) is 3.23. The molecule has 0 unspecified atom stereocenters. The second kappa shape index (κ2) is 5.16. The van der Waals surface area contributed by atoms with Crippen LogP contribution in [0.15, 0.2) is 30.3 Å². The zero-order valence-corrected chi connectivity index (χ0v) is 13.1. The highest BCUT2D eigenvalue weighted by molar-refractivity contribution is 5.79. The Balaban J connectivity index is 1.44. The smallest absolute Gasteiger partial charge is 0.230 e. The number of rotatable bonds is 4. The van der Waals surface area contributed by atoms with Gasteiger partial charge in [-0.1, -0.05) is 30.3 Å². The van der Waals surface area contributed by atoms with Crippen LogP contribution in [0.25, 0.3) is 11.4 Å². The number of carbonyl (C=O) groups is 1. The summed E-state index contributed by atoms with van der Waals surface area (Å²) >= 11 is 0. The van der Waals surface area contributed by atoms with E-state index in [4.69, 9.17) is 0 Å². The summed E-state index contributed by atoms with van der Waals surface area (Å²) in [6, 6.07) is 9.80. The van der Waals surface area contributed by atoms with Crippen LogP contribution in [0.3, 0.4) is 0 Å². The molecule has 1 saturated carbocycles. The van der Waals surface area contributed by atoms with Gasteiger partial charge in [-0.2, -0.15) is 0 Å². The Morgan fingerprint density at radius 1 is 1.26 bits per heavy atom. The molecular formula is C17H20N4O2. The monoisotopic (exact) mass is 312 g/mol. The zero-order valence-electron chi connectivity index (χ0n) is 13.1. The molecule has 0 radical (unpaired) electrons. The summed E-state index contributed by atoms with van der Waals surface area (Å²) in [5.74, 6) is 1.80. The van der Waals surface area contributed by atoms with Crippen LogP contribution < -0.4 is 0 Å². The van der Waals surface area contributed by atoms with Crippen molar-refractivity contribution in [2.45, 2.75) is 24.9 Å². The average molecular weight is 312 g/mol. The number of carbonyl (C=O) groups excluding carboxylic acids is 1. The number of aromatic nitrogens is 3. The maximum atomic E-state index is 12.4. The number of likely N-dealkylation sites (tertiary alicyclic amines) is 1. The highest BCUT2D eigenvalue weighted by Gasteiger charge is 2.53. The largest absolute Gasteiger partial charge is 0.386 e. The van der Waals surface area contributed by atoms with Gasteiger partial charge in [-0.05, 0) is 18.8 Å². The molecule has 120 valence electrons. The molecule has 0 bridgehead atoms. The first-order chi connectivity index (χ1) is 11.1. The van der Waals surface area contributed by atoms with Crippen molar-refractivity contribution >= 4 is 5.91 Å². The highest BCUT2D eigenvalue weighted by atomic mass is 16.3. The summed E-state index contributed by atoms with van der Waals surface area (Å²) in [7, 11) is 1.88. The molecule has 1 aliphatic heterocycles. The molecule has 2 fully saturated rings. The molecule has 6 heteroatoms. The third-order valence-electron chi connectivity index (χ3n) is 4.93. The van der Waals surface area contributed by atoms with Crippen molar-refractivity contribution in [2.24, 2.45) is 13.0 Å². The van der Waals surface area contributed by atoms with Gasteiger partial charge in [0.15, 0.2) is 5.82 Å². The third kappa shape index (κ3) is 2.53. The van der Waals surface area contributed by atoms with Crippen LogP contribution in [0.5, 0.6) is 0 Å². The van der Waals surface area contributed by atoms with Crippen molar-refractivity contribution in [1.29, 1.82) is 0 Å². The first-order valence-corrected chi connectivity index (χ1v) is 8.01. The van der Waals surface area contributed by atoms with Gasteiger partial charge in [0.25, 0.3) is 0 Å². The molecular weight excluding hydrogens is 292 g/mol. The van der Waals surface area contributed by atoms with Crippen LogP contribution in [0.4, 0.5) is 0 Å². The number of hydrogen-bond donors (Lipinski definition) is 1. The van der Waals surface area contributed by atoms with Gasteiger partial charge >= 0.3 is 0 Å². The SMILES string of the molecule is Cn1c(CC(=O)N2CC(O)(C3CC3)C2)nnc1-c1ccccc1. The maximum absolute atomic E-state index is 12.4. The van der Waals surface area contributed by atoms with Crippen molar-refractivity contribution in [1.82, 2.24) is 19.7 Å². The minimum atomic E-state index is -0.634. The minimum Gasteiger partial charge on any atom is -0.386 e. The van der Waals surface area contributed by atoms with Gasteiger partial charge in [-0.3, -0.25) is 4.79 Å². The Bertz CT molecular complexity index is 730. The molecule has 1 saturated heterocycles. The summed E-state index contributed by atoms with van der Waals surface area (Å²) in [5.41, 5.74) is 0.346. The molecule has 1 N–H and O–H groups in total. The van der Waals surface area contributed by atoms with Gasteiger partial charge in [0, 0.05) is 12.6 Å². The topological polar surface area (TPSA) is 71.2 Å². The fourth-order valence-corrected chi connectivity index (χ4v) is 3.27. The molecule has 0 atom stereocenters. The van der Waals surface area contributed by atoms with Crippen LogP contribution in [-0.2, 0) is 18.3 Å². The summed E-state index contributed by atoms with van der Waals surface area (Å²) in [4.78, 5) is 14.1. The van der Waals surface area contributed by atoms with Crippen LogP contribution in [-0.4, -0.2) is 49.4 Å². The van der Waals surface area contributed by atoms with Crippen LogP contribution in [0, 0.1) is 5.92 Å². The molecule has 23 heavy (non-hydrogen) atoms. The normalized spacial score (nSPS) is 19.5. The Labute approximate surface area is 134 Å². The fraction of sp³-hybridized carbons (Fsp3) is 0.471. The standard InChI is InChI=1S/C17H20N4O2/c1-20-14(18-19-16(20)12-5-3-2-4-6-12)9-15(22)21-10-17(23,11-21)13-7-8-13/h2-6,13,23H,7-11H2,1H3. The van der Waals surface area contributed by atoms with Gasteiger partial charge < -0.3 is 14.6 Å². The van der Waals surface area contributed by atoms with Crippen molar-refractivity contribution in [3.8, 4) is 11.4 Å². The van der Waals surface area contributed by atoms with Gasteiger partial charge in [0.05, 0.1) is 19.5 Å². The molecule has 2 aromatic rings. The van der Waals surface area contributed by atoms with Gasteiger partial charge in [0.1, 0.15) is 11.4 Å². The van der Waals surface area contributed by atoms with E-state index >= 15 is 0 Å². The zero-order chi connectivity index (χ0) is 16.0. The predicted octanol–water partition coefficient (Wildman–Crippen LogP) is 1.01. The van der Waals surface area contributed by atoms with Gasteiger partial charge in [-0.15, -0.1) is 10.2 Å². The molecule has 6 nitrogen and oxygen atoms in total. The number of amides is 1. The second-order valence-electron chi connectivity index (χ2n) is 6.67. The molecule has 1 aliphatic carbocycles. The number of benzene rings is 1. The molecule has 1 aromatic heterocycles. The van der Waals surface area contributed by atoms with E-state index < -0.39 is 5.60 Å². The van der Waals surface area contributed by atoms with Gasteiger partial charge in [-0.25, -0.2) is 0 Å². The van der Waals surface area contributed by atoms with E-state index in [9.17, 15) is 9.90 Å². The quantitative estimate of drug-likeness (QED) is 0.914. The third-order valence-corrected chi connectivity index (χ3v) is 4.93. The maximum Gasteiger partial charge on any atom is 0.230 e. The summed E-state index contributed by atoms with van der Waals surface area (Å²) in [6.07, 6.45) is 2.39. The lowest BCUT2D eigenvalue weighted by atomic mass is 9.88. The van der Waals surface area contributed by atoms with Crippen molar-refractivity contribution in [2.75, 3.05) is 13.1 Å². The lowest BCUT2D eigenvalue weighted by molar-refractivity contribution is -0.158. The lowest BCUT2D eigenvalue weighted by Crippen LogP contribution is -2.65. The van der Waals surface area contributed by atoms with Crippen molar-refractivity contribution < 1.29 is 9.90 Å². The Morgan fingerprint density at radius 2 is 1.96 bits per heavy atom. The highest BCUT2D eigenvalue weighted by Crippen LogP contribution is 2.44. The van der Waals surface area contributed by atoms with Gasteiger partial charge in [0.2, 0.25) is 5.91 Å². The van der Waals surface area contributed by atoms with Crippen molar-refractivity contribution in [3.05, 3.63) is 36.2 Å². The molecule has 4 rings (SSSR count). The predicted molar refractivity (Wildman–Crippen MR) is 84.4 cm³/mol. The summed E-state index contributed by atoms with van der Waals surface area (Å²) in [5, 5.41) is 18.7. The first-order valence-electron chi connectivity index (χ1n) is 8.01. The summed E-state index contributed by atoms with van der Waals surface area (Å²) < 4.78 is 1.86. The van der Waals surface area contributed by atoms with E-state index in [0.717, 1.165) is 24.2 Å². The minimum absolute atomic E-state index is 0.00503. The second-order valence-corrected chi connectivity index (χ2v) is 6.67. The molecule has 1 aromatic carbocycles. The fourth-order valence-electron chi connectivity index (χ4n) is 3.27. The lowest BCUT2D eigenvalue weighted by Gasteiger charge is -2.47. The van der Waals surface area contributed by atoms with E-state index in [1.807, 2.05) is 41.9 Å². The van der Waals surface area contributed by atoms with E-state index in [0.29, 0.717) is 24.8 Å². The number of β-amino-alcohol motifs (C(OH)–C–C–N with tert-alkyl or cyclic N) is 1. The molecule has 0 spiro atoms. The number of nitrogens with zero attached hydrogens (tertiary/aromatic N) is 4. The first kappa shape index (κ1) is 14.4. The molecule has 2 aliphatic rings. The van der Waals surface area contributed by atoms with Crippen LogP contribution in [0.1, 0.15) is 18.7 Å². The number of hydrogen-bond acceptors (Lipinski definition) is 4. The Morgan fingerprint density at radius 3 is 2.61 bits per heavy atom. The molecule has 1 amide bonds. The van der Waals surface area contributed by atoms with E-state index in [1.165, 1.54) is 0 Å². The van der Waals surface area contributed by atoms with Crippen LogP contribution >= 0.6 is 0 Å². The molecule has 2 heterocycles. The van der Waals surface area contributed by atoms with E-state index in [2.05, 4.69) is 10.2 Å². The average Bonchev–Trinajstić information content (AvgIpc) is 3.31. The van der Waals surface area contributed by atoms with E-state index in [1.54, 1.807) is 4.90 Å². The van der Waals surface area contributed by atoms with Crippen LogP contribution in [0.2, 0.25) is 0 Å². The van der Waals surface area contributed by atoms with E-state index in [-0.39, 0.29) is 12.3 Å².